The standard InChI is InChI=1S/C27H32ClN2O6P/c1-27(2,3)36-37(33,34)35-14-4-5-18-8-13-24-22(15-18)25(31)23(17-30(24)21-11-12-21)26(32)29-16-19-6-9-20(28)10-7-19/h6-10,13,15,17,21H,4-5,11-12,14,16H2,1-3H3,(H,29,32)(H,33,34). The molecule has 3 aromatic rings. The Morgan fingerprint density at radius 2 is 1.84 bits per heavy atom. The second-order valence-electron chi connectivity index (χ2n) is 10.3. The average Bonchev–Trinajstić information content (AvgIpc) is 3.65. The van der Waals surface area contributed by atoms with Crippen LogP contribution in [0.15, 0.2) is 53.5 Å². The maximum absolute atomic E-state index is 13.4. The van der Waals surface area contributed by atoms with Gasteiger partial charge in [0, 0.05) is 29.2 Å². The van der Waals surface area contributed by atoms with Crippen LogP contribution in [0.25, 0.3) is 10.9 Å². The summed E-state index contributed by atoms with van der Waals surface area (Å²) >= 11 is 5.93. The van der Waals surface area contributed by atoms with Crippen molar-refractivity contribution < 1.29 is 23.3 Å². The normalized spacial score (nSPS) is 15.5. The Morgan fingerprint density at radius 3 is 2.49 bits per heavy atom. The summed E-state index contributed by atoms with van der Waals surface area (Å²) in [6.07, 6.45) is 4.66. The van der Waals surface area contributed by atoms with E-state index in [4.69, 9.17) is 20.6 Å². The predicted octanol–water partition coefficient (Wildman–Crippen LogP) is 5.78. The highest BCUT2D eigenvalue weighted by molar-refractivity contribution is 7.47. The van der Waals surface area contributed by atoms with E-state index in [1.54, 1.807) is 45.2 Å². The van der Waals surface area contributed by atoms with Gasteiger partial charge in [0.1, 0.15) is 5.56 Å². The maximum Gasteiger partial charge on any atom is 0.472 e. The minimum atomic E-state index is -4.15. The number of phosphoric acid groups is 1. The van der Waals surface area contributed by atoms with Gasteiger partial charge in [-0.3, -0.25) is 18.6 Å². The Kier molecular flexibility index (Phi) is 8.26. The van der Waals surface area contributed by atoms with Crippen LogP contribution in [-0.4, -0.2) is 27.6 Å². The Labute approximate surface area is 221 Å². The predicted molar refractivity (Wildman–Crippen MR) is 144 cm³/mol. The molecule has 0 aliphatic heterocycles. The van der Waals surface area contributed by atoms with Crippen LogP contribution in [0.1, 0.15) is 67.6 Å². The molecule has 1 aliphatic carbocycles. The molecule has 1 amide bonds. The number of hydrogen-bond donors (Lipinski definition) is 2. The molecular weight excluding hydrogens is 515 g/mol. The van der Waals surface area contributed by atoms with Crippen LogP contribution in [0, 0.1) is 0 Å². The van der Waals surface area contributed by atoms with Crippen molar-refractivity contribution in [3.63, 3.8) is 0 Å². The summed E-state index contributed by atoms with van der Waals surface area (Å²) in [6.45, 7) is 5.34. The van der Waals surface area contributed by atoms with Crippen molar-refractivity contribution in [2.75, 3.05) is 6.61 Å². The molecule has 10 heteroatoms. The monoisotopic (exact) mass is 546 g/mol. The number of aryl methyl sites for hydroxylation is 1. The average molecular weight is 547 g/mol. The summed E-state index contributed by atoms with van der Waals surface area (Å²) < 4.78 is 24.2. The smallest absolute Gasteiger partial charge is 0.348 e. The van der Waals surface area contributed by atoms with Crippen molar-refractivity contribution in [3.05, 3.63) is 80.6 Å². The Hall–Kier alpha value is -2.48. The van der Waals surface area contributed by atoms with E-state index >= 15 is 0 Å². The second-order valence-corrected chi connectivity index (χ2v) is 12.1. The molecule has 0 saturated heterocycles. The van der Waals surface area contributed by atoms with Gasteiger partial charge in [0.05, 0.1) is 17.7 Å². The van der Waals surface area contributed by atoms with Crippen LogP contribution >= 0.6 is 19.4 Å². The summed E-state index contributed by atoms with van der Waals surface area (Å²) in [5.41, 5.74) is 1.53. The van der Waals surface area contributed by atoms with Gasteiger partial charge in [-0.05, 0) is 81.8 Å². The molecule has 2 aromatic carbocycles. The quantitative estimate of drug-likeness (QED) is 0.246. The molecule has 0 spiro atoms. The summed E-state index contributed by atoms with van der Waals surface area (Å²) in [6, 6.07) is 13.1. The van der Waals surface area contributed by atoms with E-state index in [-0.39, 0.29) is 30.2 Å². The highest BCUT2D eigenvalue weighted by Crippen LogP contribution is 2.47. The van der Waals surface area contributed by atoms with E-state index in [0.29, 0.717) is 23.3 Å². The zero-order valence-corrected chi connectivity index (χ0v) is 22.8. The van der Waals surface area contributed by atoms with E-state index in [2.05, 4.69) is 5.32 Å². The zero-order valence-electron chi connectivity index (χ0n) is 21.2. The third-order valence-electron chi connectivity index (χ3n) is 5.90. The first kappa shape index (κ1) is 27.6. The molecule has 1 unspecified atom stereocenters. The van der Waals surface area contributed by atoms with Gasteiger partial charge >= 0.3 is 7.82 Å². The largest absolute Gasteiger partial charge is 0.472 e. The van der Waals surface area contributed by atoms with E-state index in [9.17, 15) is 19.0 Å². The van der Waals surface area contributed by atoms with Crippen LogP contribution in [0.3, 0.4) is 0 Å². The lowest BCUT2D eigenvalue weighted by Gasteiger charge is -2.22. The first-order chi connectivity index (χ1) is 17.4. The number of carbonyl (C=O) groups excluding carboxylic acids is 1. The van der Waals surface area contributed by atoms with Crippen molar-refractivity contribution in [3.8, 4) is 0 Å². The Balaban J connectivity index is 1.49. The molecule has 1 saturated carbocycles. The van der Waals surface area contributed by atoms with Crippen LogP contribution in [0.2, 0.25) is 5.02 Å². The Bertz CT molecular complexity index is 1390. The molecule has 37 heavy (non-hydrogen) atoms. The van der Waals surface area contributed by atoms with Gasteiger partial charge in [0.2, 0.25) is 5.43 Å². The lowest BCUT2D eigenvalue weighted by Crippen LogP contribution is -2.29. The molecular formula is C27H32ClN2O6P. The number of phosphoric ester groups is 1. The summed E-state index contributed by atoms with van der Waals surface area (Å²) in [7, 11) is -4.15. The number of pyridine rings is 1. The molecule has 0 radical (unpaired) electrons. The number of amides is 1. The van der Waals surface area contributed by atoms with E-state index < -0.39 is 19.3 Å². The number of rotatable bonds is 10. The van der Waals surface area contributed by atoms with Crippen molar-refractivity contribution in [1.29, 1.82) is 0 Å². The van der Waals surface area contributed by atoms with Crippen molar-refractivity contribution >= 4 is 36.2 Å². The fraction of sp³-hybridized carbons (Fsp3) is 0.407. The molecule has 8 nitrogen and oxygen atoms in total. The lowest BCUT2D eigenvalue weighted by molar-refractivity contribution is 0.0613. The number of carbonyl (C=O) groups is 1. The van der Waals surface area contributed by atoms with Crippen LogP contribution in [0.4, 0.5) is 0 Å². The highest BCUT2D eigenvalue weighted by Gasteiger charge is 2.29. The highest BCUT2D eigenvalue weighted by atomic mass is 35.5. The summed E-state index contributed by atoms with van der Waals surface area (Å²) in [4.78, 5) is 36.2. The molecule has 198 valence electrons. The van der Waals surface area contributed by atoms with Gasteiger partial charge in [-0.2, -0.15) is 0 Å². The Morgan fingerprint density at radius 1 is 1.16 bits per heavy atom. The summed E-state index contributed by atoms with van der Waals surface area (Å²) in [5.74, 6) is -0.424. The number of benzene rings is 2. The zero-order chi connectivity index (χ0) is 26.8. The topological polar surface area (TPSA) is 107 Å². The lowest BCUT2D eigenvalue weighted by atomic mass is 10.0. The minimum absolute atomic E-state index is 0.0291. The number of nitrogens with zero attached hydrogens (tertiary/aromatic N) is 1. The number of halogens is 1. The van der Waals surface area contributed by atoms with Crippen LogP contribution in [0.5, 0.6) is 0 Å². The second kappa shape index (κ2) is 11.1. The third kappa shape index (κ3) is 7.53. The minimum Gasteiger partial charge on any atom is -0.348 e. The molecule has 0 bridgehead atoms. The van der Waals surface area contributed by atoms with Crippen molar-refractivity contribution in [1.82, 2.24) is 9.88 Å². The third-order valence-corrected chi connectivity index (χ3v) is 7.44. The van der Waals surface area contributed by atoms with Crippen LogP contribution < -0.4 is 10.7 Å². The molecule has 1 heterocycles. The number of aromatic nitrogens is 1. The number of nitrogens with one attached hydrogen (secondary N) is 1. The summed E-state index contributed by atoms with van der Waals surface area (Å²) in [5, 5.41) is 3.93. The molecule has 1 fully saturated rings. The van der Waals surface area contributed by atoms with Crippen molar-refractivity contribution in [2.24, 2.45) is 0 Å². The van der Waals surface area contributed by atoms with Gasteiger partial charge in [-0.25, -0.2) is 4.57 Å². The molecule has 2 N–H and O–H groups in total. The van der Waals surface area contributed by atoms with Gasteiger partial charge < -0.3 is 14.8 Å². The first-order valence-electron chi connectivity index (χ1n) is 12.3. The van der Waals surface area contributed by atoms with Crippen molar-refractivity contribution in [2.45, 2.75) is 64.6 Å². The molecule has 1 aromatic heterocycles. The van der Waals surface area contributed by atoms with Gasteiger partial charge in [0.15, 0.2) is 0 Å². The number of fused-ring (bicyclic) bond motifs is 1. The van der Waals surface area contributed by atoms with Gasteiger partial charge in [-0.1, -0.05) is 29.8 Å². The fourth-order valence-corrected chi connectivity index (χ4v) is 5.31. The molecule has 1 aliphatic rings. The number of hydrogen-bond acceptors (Lipinski definition) is 5. The molecule has 1 atom stereocenters. The van der Waals surface area contributed by atoms with Gasteiger partial charge in [0.25, 0.3) is 5.91 Å². The first-order valence-corrected chi connectivity index (χ1v) is 14.2. The van der Waals surface area contributed by atoms with E-state index in [0.717, 1.165) is 29.5 Å². The van der Waals surface area contributed by atoms with Gasteiger partial charge in [-0.15, -0.1) is 0 Å². The molecule has 4 rings (SSSR count). The van der Waals surface area contributed by atoms with E-state index in [1.165, 1.54) is 0 Å². The fourth-order valence-electron chi connectivity index (χ4n) is 4.08. The van der Waals surface area contributed by atoms with Crippen LogP contribution in [-0.2, 0) is 26.6 Å². The maximum atomic E-state index is 13.4. The SMILES string of the molecule is CC(C)(C)OP(=O)(O)OCCCc1ccc2c(c1)c(=O)c(C(=O)NCc1ccc(Cl)cc1)cn2C1CC1. The van der Waals surface area contributed by atoms with E-state index in [1.807, 2.05) is 28.8 Å².